The highest BCUT2D eigenvalue weighted by Gasteiger charge is 2.16. The number of aliphatic hydroxyl groups is 1. The van der Waals surface area contributed by atoms with Gasteiger partial charge in [0.05, 0.1) is 31.3 Å². The Morgan fingerprint density at radius 3 is 2.62 bits per heavy atom. The first-order chi connectivity index (χ1) is 10.0. The van der Waals surface area contributed by atoms with Crippen LogP contribution in [0.4, 0.5) is 0 Å². The summed E-state index contributed by atoms with van der Waals surface area (Å²) < 4.78 is 11.3. The third-order valence-corrected chi connectivity index (χ3v) is 3.28. The van der Waals surface area contributed by atoms with Gasteiger partial charge in [0.1, 0.15) is 0 Å². The van der Waals surface area contributed by atoms with Gasteiger partial charge >= 0.3 is 0 Å². The van der Waals surface area contributed by atoms with Gasteiger partial charge in [-0.2, -0.15) is 5.26 Å². The smallest absolute Gasteiger partial charge is 0.166 e. The average molecular weight is 291 g/mol. The van der Waals surface area contributed by atoms with Crippen LogP contribution in [-0.2, 0) is 6.61 Å². The summed E-state index contributed by atoms with van der Waals surface area (Å²) in [6, 6.07) is 7.82. The number of para-hydroxylation sites is 1. The van der Waals surface area contributed by atoms with E-state index in [4.69, 9.17) is 14.7 Å². The van der Waals surface area contributed by atoms with E-state index in [1.165, 1.54) is 0 Å². The van der Waals surface area contributed by atoms with Crippen molar-refractivity contribution < 1.29 is 14.6 Å². The van der Waals surface area contributed by atoms with Crippen LogP contribution in [0.2, 0.25) is 0 Å². The third kappa shape index (κ3) is 5.65. The van der Waals surface area contributed by atoms with Gasteiger partial charge in [0.25, 0.3) is 0 Å². The van der Waals surface area contributed by atoms with Crippen molar-refractivity contribution in [1.82, 2.24) is 0 Å². The molecule has 0 aliphatic carbocycles. The maximum Gasteiger partial charge on any atom is 0.166 e. The van der Waals surface area contributed by atoms with Crippen molar-refractivity contribution >= 4 is 0 Å². The second-order valence-corrected chi connectivity index (χ2v) is 5.64. The quantitative estimate of drug-likeness (QED) is 0.705. The summed E-state index contributed by atoms with van der Waals surface area (Å²) in [6.45, 7) is 6.85. The van der Waals surface area contributed by atoms with Crippen molar-refractivity contribution in [3.8, 4) is 17.6 Å². The average Bonchev–Trinajstić information content (AvgIpc) is 2.48. The molecule has 1 rings (SSSR count). The highest BCUT2D eigenvalue weighted by Crippen LogP contribution is 2.32. The monoisotopic (exact) mass is 291 g/mol. The van der Waals surface area contributed by atoms with E-state index in [1.54, 1.807) is 0 Å². The van der Waals surface area contributed by atoms with E-state index in [-0.39, 0.29) is 12.0 Å². The second-order valence-electron chi connectivity index (χ2n) is 5.64. The fourth-order valence-electron chi connectivity index (χ4n) is 2.02. The summed E-state index contributed by atoms with van der Waals surface area (Å²) in [4.78, 5) is 0. The van der Waals surface area contributed by atoms with Crippen LogP contribution >= 0.6 is 0 Å². The lowest BCUT2D eigenvalue weighted by atomic mass is 9.89. The fraction of sp³-hybridized carbons (Fsp3) is 0.588. The minimum atomic E-state index is -0.278. The van der Waals surface area contributed by atoms with Crippen LogP contribution in [-0.4, -0.2) is 18.3 Å². The van der Waals surface area contributed by atoms with Crippen molar-refractivity contribution in [2.24, 2.45) is 5.41 Å². The minimum absolute atomic E-state index is 0.0717. The molecule has 21 heavy (non-hydrogen) atoms. The molecule has 0 amide bonds. The van der Waals surface area contributed by atoms with Crippen molar-refractivity contribution in [2.75, 3.05) is 13.2 Å². The van der Waals surface area contributed by atoms with Crippen LogP contribution in [0.25, 0.3) is 0 Å². The van der Waals surface area contributed by atoms with Crippen LogP contribution in [0.1, 0.15) is 45.6 Å². The minimum Gasteiger partial charge on any atom is -0.490 e. The van der Waals surface area contributed by atoms with E-state index in [2.05, 4.69) is 6.07 Å². The molecule has 0 aliphatic rings. The Balaban J connectivity index is 2.53. The second kappa shape index (κ2) is 8.53. The topological polar surface area (TPSA) is 62.5 Å². The molecule has 1 aromatic rings. The molecular weight excluding hydrogens is 266 g/mol. The number of nitriles is 1. The van der Waals surface area contributed by atoms with Crippen molar-refractivity contribution in [1.29, 1.82) is 5.26 Å². The number of rotatable bonds is 9. The van der Waals surface area contributed by atoms with E-state index in [9.17, 15) is 5.11 Å². The van der Waals surface area contributed by atoms with Gasteiger partial charge in [0.2, 0.25) is 0 Å². The van der Waals surface area contributed by atoms with Gasteiger partial charge in [-0.3, -0.25) is 0 Å². The summed E-state index contributed by atoms with van der Waals surface area (Å²) in [7, 11) is 0. The Labute approximate surface area is 127 Å². The summed E-state index contributed by atoms with van der Waals surface area (Å²) in [5, 5.41) is 18.3. The SMILES string of the molecule is CCOc1cccc(CO)c1OCCCCC(C)(C)C#N. The molecule has 4 heteroatoms. The maximum absolute atomic E-state index is 9.38. The van der Waals surface area contributed by atoms with Crippen molar-refractivity contribution in [2.45, 2.75) is 46.6 Å². The van der Waals surface area contributed by atoms with Crippen LogP contribution < -0.4 is 9.47 Å². The fourth-order valence-corrected chi connectivity index (χ4v) is 2.02. The van der Waals surface area contributed by atoms with E-state index in [0.717, 1.165) is 24.8 Å². The molecule has 0 heterocycles. The molecule has 1 aromatic carbocycles. The Morgan fingerprint density at radius 1 is 1.24 bits per heavy atom. The molecule has 0 spiro atoms. The Bertz CT molecular complexity index is 477. The summed E-state index contributed by atoms with van der Waals surface area (Å²) in [5.74, 6) is 1.29. The Hall–Kier alpha value is -1.73. The summed E-state index contributed by atoms with van der Waals surface area (Å²) in [6.07, 6.45) is 2.66. The molecule has 0 saturated heterocycles. The van der Waals surface area contributed by atoms with Crippen LogP contribution in [0.15, 0.2) is 18.2 Å². The number of unbranched alkanes of at least 4 members (excludes halogenated alkanes) is 1. The third-order valence-electron chi connectivity index (χ3n) is 3.28. The molecule has 0 radical (unpaired) electrons. The number of benzene rings is 1. The van der Waals surface area contributed by atoms with E-state index < -0.39 is 0 Å². The van der Waals surface area contributed by atoms with E-state index >= 15 is 0 Å². The predicted molar refractivity (Wildman–Crippen MR) is 82.3 cm³/mol. The normalized spacial score (nSPS) is 11.0. The standard InChI is InChI=1S/C17H25NO3/c1-4-20-15-9-7-8-14(12-19)16(15)21-11-6-5-10-17(2,3)13-18/h7-9,19H,4-6,10-12H2,1-3H3. The van der Waals surface area contributed by atoms with Crippen LogP contribution in [0, 0.1) is 16.7 Å². The zero-order valence-corrected chi connectivity index (χ0v) is 13.2. The number of aliphatic hydroxyl groups excluding tert-OH is 1. The largest absolute Gasteiger partial charge is 0.490 e. The summed E-state index contributed by atoms with van der Waals surface area (Å²) >= 11 is 0. The molecule has 0 bridgehead atoms. The van der Waals surface area contributed by atoms with Crippen LogP contribution in [0.5, 0.6) is 11.5 Å². The Morgan fingerprint density at radius 2 is 2.00 bits per heavy atom. The molecular formula is C17H25NO3. The van der Waals surface area contributed by atoms with Gasteiger partial charge in [0, 0.05) is 5.56 Å². The molecule has 0 atom stereocenters. The van der Waals surface area contributed by atoms with E-state index in [0.29, 0.717) is 24.7 Å². The van der Waals surface area contributed by atoms with Gasteiger partial charge in [0.15, 0.2) is 11.5 Å². The highest BCUT2D eigenvalue weighted by atomic mass is 16.5. The van der Waals surface area contributed by atoms with Crippen LogP contribution in [0.3, 0.4) is 0 Å². The first-order valence-electron chi connectivity index (χ1n) is 7.43. The zero-order chi connectivity index (χ0) is 15.7. The number of nitrogens with zero attached hydrogens (tertiary/aromatic N) is 1. The van der Waals surface area contributed by atoms with Gasteiger partial charge in [-0.1, -0.05) is 12.1 Å². The Kier molecular flexibility index (Phi) is 7.04. The molecule has 0 unspecified atom stereocenters. The van der Waals surface area contributed by atoms with E-state index in [1.807, 2.05) is 39.0 Å². The lowest BCUT2D eigenvalue weighted by Gasteiger charge is -2.16. The number of hydrogen-bond acceptors (Lipinski definition) is 4. The first-order valence-corrected chi connectivity index (χ1v) is 7.43. The summed E-state index contributed by atoms with van der Waals surface area (Å²) in [5.41, 5.74) is 0.456. The highest BCUT2D eigenvalue weighted by molar-refractivity contribution is 5.46. The van der Waals surface area contributed by atoms with Crippen molar-refractivity contribution in [3.05, 3.63) is 23.8 Å². The molecule has 0 saturated carbocycles. The van der Waals surface area contributed by atoms with Crippen molar-refractivity contribution in [3.63, 3.8) is 0 Å². The molecule has 0 aliphatic heterocycles. The lowest BCUT2D eigenvalue weighted by Crippen LogP contribution is -2.09. The predicted octanol–water partition coefficient (Wildman–Crippen LogP) is 3.68. The number of hydrogen-bond donors (Lipinski definition) is 1. The van der Waals surface area contributed by atoms with Gasteiger partial charge in [-0.25, -0.2) is 0 Å². The maximum atomic E-state index is 9.38. The molecule has 4 nitrogen and oxygen atoms in total. The lowest BCUT2D eigenvalue weighted by molar-refractivity contribution is 0.242. The first kappa shape index (κ1) is 17.3. The number of ether oxygens (including phenoxy) is 2. The van der Waals surface area contributed by atoms with Gasteiger partial charge in [-0.05, 0) is 46.1 Å². The molecule has 0 fully saturated rings. The zero-order valence-electron chi connectivity index (χ0n) is 13.2. The molecule has 0 aromatic heterocycles. The van der Waals surface area contributed by atoms with Gasteiger partial charge in [-0.15, -0.1) is 0 Å². The molecule has 116 valence electrons. The molecule has 1 N–H and O–H groups in total. The van der Waals surface area contributed by atoms with Gasteiger partial charge < -0.3 is 14.6 Å².